The molecule has 20 heavy (non-hydrogen) atoms. The predicted molar refractivity (Wildman–Crippen MR) is 81.8 cm³/mol. The summed E-state index contributed by atoms with van der Waals surface area (Å²) in [7, 11) is 0. The van der Waals surface area contributed by atoms with Crippen LogP contribution in [0.3, 0.4) is 0 Å². The third kappa shape index (κ3) is 3.58. The Balaban J connectivity index is 2.12. The molecule has 0 spiro atoms. The highest BCUT2D eigenvalue weighted by atomic mass is 79.9. The fourth-order valence-corrected chi connectivity index (χ4v) is 2.34. The molecule has 0 amide bonds. The molecule has 2 N–H and O–H groups in total. The van der Waals surface area contributed by atoms with Gasteiger partial charge in [0.15, 0.2) is 0 Å². The van der Waals surface area contributed by atoms with E-state index in [4.69, 9.17) is 10.5 Å². The molecule has 0 aromatic heterocycles. The minimum atomic E-state index is -0.527. The number of halogens is 3. The lowest BCUT2D eigenvalue weighted by atomic mass is 10.2. The van der Waals surface area contributed by atoms with Crippen LogP contribution in [0.2, 0.25) is 0 Å². The quantitative estimate of drug-likeness (QED) is 0.615. The normalized spacial score (nSPS) is 10.3. The van der Waals surface area contributed by atoms with Crippen molar-refractivity contribution < 1.29 is 13.9 Å². The number of esters is 1. The van der Waals surface area contributed by atoms with E-state index in [9.17, 15) is 9.18 Å². The first-order valence-corrected chi connectivity index (χ1v) is 7.22. The van der Waals surface area contributed by atoms with Crippen LogP contribution in [-0.2, 0) is 11.3 Å². The highest BCUT2D eigenvalue weighted by Crippen LogP contribution is 2.22. The Morgan fingerprint density at radius 1 is 1.15 bits per heavy atom. The number of nitrogens with two attached hydrogens (primary N) is 1. The lowest BCUT2D eigenvalue weighted by molar-refractivity contribution is 0.0470. The Hall–Kier alpha value is -1.40. The number of carbonyl (C=O) groups is 1. The molecule has 0 heterocycles. The van der Waals surface area contributed by atoms with Crippen molar-refractivity contribution >= 4 is 43.5 Å². The molecule has 6 heteroatoms. The molecular formula is C14H10Br2FNO2. The minimum absolute atomic E-state index is 0.0293. The lowest BCUT2D eigenvalue weighted by Gasteiger charge is -2.08. The van der Waals surface area contributed by atoms with Gasteiger partial charge in [-0.15, -0.1) is 0 Å². The number of anilines is 1. The number of ether oxygens (including phenoxy) is 1. The summed E-state index contributed by atoms with van der Waals surface area (Å²) in [5.41, 5.74) is 6.98. The van der Waals surface area contributed by atoms with Crippen molar-refractivity contribution in [3.63, 3.8) is 0 Å². The standard InChI is InChI=1S/C14H10Br2FNO2/c15-12-3-1-9(17)5-8(12)7-20-14(19)11-6-10(18)2-4-13(11)16/h1-6H,7,18H2. The van der Waals surface area contributed by atoms with Crippen LogP contribution in [0.4, 0.5) is 10.1 Å². The van der Waals surface area contributed by atoms with Gasteiger partial charge in [0.2, 0.25) is 0 Å². The fraction of sp³-hybridized carbons (Fsp3) is 0.0714. The van der Waals surface area contributed by atoms with E-state index < -0.39 is 5.97 Å². The molecule has 2 aromatic rings. The van der Waals surface area contributed by atoms with Gasteiger partial charge in [-0.05, 0) is 52.3 Å². The van der Waals surface area contributed by atoms with Crippen LogP contribution in [-0.4, -0.2) is 5.97 Å². The van der Waals surface area contributed by atoms with Gasteiger partial charge in [0.25, 0.3) is 0 Å². The zero-order chi connectivity index (χ0) is 14.7. The zero-order valence-electron chi connectivity index (χ0n) is 10.2. The van der Waals surface area contributed by atoms with E-state index in [2.05, 4.69) is 31.9 Å². The first kappa shape index (κ1) is 15.0. The largest absolute Gasteiger partial charge is 0.457 e. The van der Waals surface area contributed by atoms with Gasteiger partial charge in [-0.25, -0.2) is 9.18 Å². The van der Waals surface area contributed by atoms with Crippen LogP contribution in [0.1, 0.15) is 15.9 Å². The first-order valence-electron chi connectivity index (χ1n) is 5.63. The fourth-order valence-electron chi connectivity index (χ4n) is 1.57. The van der Waals surface area contributed by atoms with Gasteiger partial charge in [0.1, 0.15) is 12.4 Å². The summed E-state index contributed by atoms with van der Waals surface area (Å²) in [6.45, 7) is -0.0293. The van der Waals surface area contributed by atoms with E-state index >= 15 is 0 Å². The number of hydrogen-bond donors (Lipinski definition) is 1. The molecular weight excluding hydrogens is 393 g/mol. The van der Waals surface area contributed by atoms with Crippen LogP contribution >= 0.6 is 31.9 Å². The SMILES string of the molecule is Nc1ccc(Br)c(C(=O)OCc2cc(F)ccc2Br)c1. The molecule has 0 bridgehead atoms. The maximum atomic E-state index is 13.1. The molecule has 2 aromatic carbocycles. The Labute approximate surface area is 132 Å². The van der Waals surface area contributed by atoms with Crippen LogP contribution < -0.4 is 5.73 Å². The van der Waals surface area contributed by atoms with E-state index in [0.717, 1.165) is 0 Å². The molecule has 0 fully saturated rings. The first-order chi connectivity index (χ1) is 9.47. The summed E-state index contributed by atoms with van der Waals surface area (Å²) >= 11 is 6.53. The average Bonchev–Trinajstić information content (AvgIpc) is 2.42. The number of nitrogen functional groups attached to an aromatic ring is 1. The second kappa shape index (κ2) is 6.37. The van der Waals surface area contributed by atoms with E-state index in [-0.39, 0.29) is 12.4 Å². The van der Waals surface area contributed by atoms with Crippen molar-refractivity contribution in [1.82, 2.24) is 0 Å². The second-order valence-corrected chi connectivity index (χ2v) is 5.76. The van der Waals surface area contributed by atoms with E-state index in [0.29, 0.717) is 25.8 Å². The maximum Gasteiger partial charge on any atom is 0.339 e. The molecule has 0 aliphatic heterocycles. The number of rotatable bonds is 3. The number of carbonyl (C=O) groups excluding carboxylic acids is 1. The van der Waals surface area contributed by atoms with Crippen LogP contribution in [0, 0.1) is 5.82 Å². The Morgan fingerprint density at radius 3 is 2.60 bits per heavy atom. The maximum absolute atomic E-state index is 13.1. The molecule has 104 valence electrons. The molecule has 0 unspecified atom stereocenters. The van der Waals surface area contributed by atoms with Gasteiger partial charge in [0, 0.05) is 20.2 Å². The summed E-state index contributed by atoms with van der Waals surface area (Å²) < 4.78 is 19.6. The van der Waals surface area contributed by atoms with Gasteiger partial charge >= 0.3 is 5.97 Å². The number of benzene rings is 2. The predicted octanol–water partition coefficient (Wildman–Crippen LogP) is 4.29. The third-order valence-corrected chi connectivity index (χ3v) is 4.04. The van der Waals surface area contributed by atoms with Crippen molar-refractivity contribution in [3.8, 4) is 0 Å². The summed E-state index contributed by atoms with van der Waals surface area (Å²) in [6, 6.07) is 9.06. The summed E-state index contributed by atoms with van der Waals surface area (Å²) in [5, 5.41) is 0. The van der Waals surface area contributed by atoms with Gasteiger partial charge < -0.3 is 10.5 Å². The molecule has 0 saturated heterocycles. The minimum Gasteiger partial charge on any atom is -0.457 e. The molecule has 0 radical (unpaired) electrons. The third-order valence-electron chi connectivity index (χ3n) is 2.58. The van der Waals surface area contributed by atoms with E-state index in [1.165, 1.54) is 18.2 Å². The molecule has 3 nitrogen and oxygen atoms in total. The topological polar surface area (TPSA) is 52.3 Å². The monoisotopic (exact) mass is 401 g/mol. The van der Waals surface area contributed by atoms with Crippen molar-refractivity contribution in [2.45, 2.75) is 6.61 Å². The summed E-state index contributed by atoms with van der Waals surface area (Å²) in [5.74, 6) is -0.912. The second-order valence-electron chi connectivity index (χ2n) is 4.05. The van der Waals surface area contributed by atoms with Crippen molar-refractivity contribution in [3.05, 3.63) is 62.3 Å². The summed E-state index contributed by atoms with van der Waals surface area (Å²) in [4.78, 5) is 12.0. The van der Waals surface area contributed by atoms with Gasteiger partial charge in [0.05, 0.1) is 5.56 Å². The van der Waals surface area contributed by atoms with Crippen molar-refractivity contribution in [1.29, 1.82) is 0 Å². The van der Waals surface area contributed by atoms with Gasteiger partial charge in [-0.1, -0.05) is 15.9 Å². The molecule has 0 aliphatic rings. The Kier molecular flexibility index (Phi) is 4.77. The van der Waals surface area contributed by atoms with Crippen LogP contribution in [0.25, 0.3) is 0 Å². The van der Waals surface area contributed by atoms with Crippen LogP contribution in [0.15, 0.2) is 45.3 Å². The Morgan fingerprint density at radius 2 is 1.85 bits per heavy atom. The molecule has 0 aliphatic carbocycles. The molecule has 2 rings (SSSR count). The zero-order valence-corrected chi connectivity index (χ0v) is 13.4. The van der Waals surface area contributed by atoms with Gasteiger partial charge in [-0.3, -0.25) is 0 Å². The molecule has 0 atom stereocenters. The van der Waals surface area contributed by atoms with Crippen LogP contribution in [0.5, 0.6) is 0 Å². The smallest absolute Gasteiger partial charge is 0.339 e. The van der Waals surface area contributed by atoms with E-state index in [1.807, 2.05) is 0 Å². The highest BCUT2D eigenvalue weighted by molar-refractivity contribution is 9.10. The van der Waals surface area contributed by atoms with Gasteiger partial charge in [-0.2, -0.15) is 0 Å². The highest BCUT2D eigenvalue weighted by Gasteiger charge is 2.13. The Bertz CT molecular complexity index is 662. The van der Waals surface area contributed by atoms with E-state index in [1.54, 1.807) is 18.2 Å². The lowest BCUT2D eigenvalue weighted by Crippen LogP contribution is -2.07. The number of hydrogen-bond acceptors (Lipinski definition) is 3. The van der Waals surface area contributed by atoms with Crippen molar-refractivity contribution in [2.24, 2.45) is 0 Å². The summed E-state index contributed by atoms with van der Waals surface area (Å²) in [6.07, 6.45) is 0. The average molecular weight is 403 g/mol. The van der Waals surface area contributed by atoms with Crippen molar-refractivity contribution in [2.75, 3.05) is 5.73 Å². The molecule has 0 saturated carbocycles.